The van der Waals surface area contributed by atoms with Crippen molar-refractivity contribution in [1.29, 1.82) is 0 Å². The quantitative estimate of drug-likeness (QED) is 0.482. The van der Waals surface area contributed by atoms with E-state index in [0.717, 1.165) is 11.2 Å². The Morgan fingerprint density at radius 1 is 1.39 bits per heavy atom. The molecule has 0 bridgehead atoms. The lowest BCUT2D eigenvalue weighted by Crippen LogP contribution is -2.38. The summed E-state index contributed by atoms with van der Waals surface area (Å²) >= 11 is 0. The van der Waals surface area contributed by atoms with E-state index in [4.69, 9.17) is 5.84 Å². The number of nitrogen functional groups attached to an aromatic ring is 1. The second kappa shape index (κ2) is 4.50. The first-order chi connectivity index (χ1) is 8.78. The molecule has 2 aromatic heterocycles. The normalized spacial score (nSPS) is 17.3. The van der Waals surface area contributed by atoms with Gasteiger partial charge in [0.1, 0.15) is 5.82 Å². The van der Waals surface area contributed by atoms with Crippen molar-refractivity contribution in [3.8, 4) is 0 Å². The van der Waals surface area contributed by atoms with Gasteiger partial charge in [0.05, 0.1) is 11.6 Å². The van der Waals surface area contributed by atoms with E-state index in [1.807, 2.05) is 0 Å². The Hall–Kier alpha value is -1.74. The molecule has 0 atom stereocenters. The van der Waals surface area contributed by atoms with Crippen molar-refractivity contribution in [2.24, 2.45) is 5.84 Å². The number of aromatic nitrogens is 4. The Kier molecular flexibility index (Phi) is 2.84. The highest BCUT2D eigenvalue weighted by molar-refractivity contribution is 7.85. The molecule has 9 heteroatoms. The van der Waals surface area contributed by atoms with Gasteiger partial charge in [-0.3, -0.25) is 14.7 Å². The second-order valence-electron chi connectivity index (χ2n) is 3.98. The smallest absolute Gasteiger partial charge is 0.241 e. The monoisotopic (exact) mass is 267 g/mol. The molecule has 3 rings (SSSR count). The lowest BCUT2D eigenvalue weighted by atomic mass is 10.3. The van der Waals surface area contributed by atoms with Crippen molar-refractivity contribution in [1.82, 2.24) is 20.2 Å². The van der Waals surface area contributed by atoms with Gasteiger partial charge in [0.25, 0.3) is 0 Å². The first-order valence-electron chi connectivity index (χ1n) is 5.55. The van der Waals surface area contributed by atoms with Crippen molar-refractivity contribution in [2.45, 2.75) is 0 Å². The Morgan fingerprint density at radius 3 is 2.89 bits per heavy atom. The Morgan fingerprint density at radius 2 is 2.17 bits per heavy atom. The number of fused-ring (bicyclic) bond motifs is 1. The molecular weight excluding hydrogens is 254 g/mol. The van der Waals surface area contributed by atoms with Crippen molar-refractivity contribution in [2.75, 3.05) is 34.9 Å². The standard InChI is InChI=1S/C9H13N7OS/c10-14-9-12-7-6(5-11-15-7)8(13-9)16-1-3-18(17)4-2-16/h5H,1-4,10H2,(H2,11,12,13,14,15). The van der Waals surface area contributed by atoms with Crippen LogP contribution in [-0.4, -0.2) is 49.0 Å². The van der Waals surface area contributed by atoms with E-state index >= 15 is 0 Å². The Balaban J connectivity index is 2.03. The summed E-state index contributed by atoms with van der Waals surface area (Å²) in [6, 6.07) is 0. The molecule has 0 radical (unpaired) electrons. The number of hydrogen-bond acceptors (Lipinski definition) is 7. The molecule has 0 unspecified atom stereocenters. The van der Waals surface area contributed by atoms with Crippen molar-refractivity contribution in [3.05, 3.63) is 6.20 Å². The number of nitrogens with one attached hydrogen (secondary N) is 2. The maximum absolute atomic E-state index is 11.4. The van der Waals surface area contributed by atoms with Crippen LogP contribution >= 0.6 is 0 Å². The summed E-state index contributed by atoms with van der Waals surface area (Å²) in [5.74, 6) is 7.79. The van der Waals surface area contributed by atoms with Crippen LogP contribution in [0.4, 0.5) is 11.8 Å². The lowest BCUT2D eigenvalue weighted by molar-refractivity contribution is 0.672. The first kappa shape index (κ1) is 11.4. The van der Waals surface area contributed by atoms with Gasteiger partial charge in [-0.2, -0.15) is 15.1 Å². The average Bonchev–Trinajstić information content (AvgIpc) is 2.86. The van der Waals surface area contributed by atoms with Crippen molar-refractivity contribution >= 4 is 33.6 Å². The molecule has 1 saturated heterocycles. The molecule has 3 heterocycles. The predicted octanol–water partition coefficient (Wildman–Crippen LogP) is -0.793. The number of nitrogens with two attached hydrogens (primary N) is 1. The van der Waals surface area contributed by atoms with E-state index in [9.17, 15) is 4.21 Å². The largest absolute Gasteiger partial charge is 0.354 e. The Bertz CT molecular complexity index is 588. The van der Waals surface area contributed by atoms with Gasteiger partial charge < -0.3 is 4.90 Å². The number of rotatable bonds is 2. The molecule has 0 amide bonds. The minimum Gasteiger partial charge on any atom is -0.354 e. The first-order valence-corrected chi connectivity index (χ1v) is 7.04. The third-order valence-corrected chi connectivity index (χ3v) is 4.17. The van der Waals surface area contributed by atoms with Crippen LogP contribution in [0.3, 0.4) is 0 Å². The molecule has 8 nitrogen and oxygen atoms in total. The number of H-pyrrole nitrogens is 1. The molecule has 4 N–H and O–H groups in total. The molecule has 1 fully saturated rings. The summed E-state index contributed by atoms with van der Waals surface area (Å²) in [6.07, 6.45) is 1.69. The number of aromatic amines is 1. The van der Waals surface area contributed by atoms with Crippen LogP contribution in [0.2, 0.25) is 0 Å². The summed E-state index contributed by atoms with van der Waals surface area (Å²) in [5, 5.41) is 7.61. The summed E-state index contributed by atoms with van der Waals surface area (Å²) < 4.78 is 11.4. The van der Waals surface area contributed by atoms with Gasteiger partial charge >= 0.3 is 0 Å². The molecule has 1 aliphatic rings. The number of hydrogen-bond donors (Lipinski definition) is 3. The molecule has 0 aliphatic carbocycles. The molecule has 1 aliphatic heterocycles. The molecule has 0 spiro atoms. The minimum absolute atomic E-state index is 0.341. The van der Waals surface area contributed by atoms with E-state index in [2.05, 4.69) is 30.5 Å². The molecule has 96 valence electrons. The van der Waals surface area contributed by atoms with Gasteiger partial charge in [0.2, 0.25) is 5.95 Å². The van der Waals surface area contributed by atoms with E-state index in [-0.39, 0.29) is 0 Å². The van der Waals surface area contributed by atoms with E-state index in [1.165, 1.54) is 0 Å². The van der Waals surface area contributed by atoms with Gasteiger partial charge in [-0.25, -0.2) is 5.84 Å². The van der Waals surface area contributed by atoms with Gasteiger partial charge in [0.15, 0.2) is 5.65 Å². The van der Waals surface area contributed by atoms with Crippen LogP contribution in [0.15, 0.2) is 6.20 Å². The van der Waals surface area contributed by atoms with E-state index < -0.39 is 10.8 Å². The average molecular weight is 267 g/mol. The molecule has 18 heavy (non-hydrogen) atoms. The Labute approximate surface area is 105 Å². The van der Waals surface area contributed by atoms with Crippen LogP contribution in [-0.2, 0) is 10.8 Å². The zero-order valence-electron chi connectivity index (χ0n) is 9.59. The molecule has 0 saturated carbocycles. The highest BCUT2D eigenvalue weighted by atomic mass is 32.2. The van der Waals surface area contributed by atoms with Crippen molar-refractivity contribution < 1.29 is 4.21 Å². The lowest BCUT2D eigenvalue weighted by Gasteiger charge is -2.27. The predicted molar refractivity (Wildman–Crippen MR) is 69.6 cm³/mol. The van der Waals surface area contributed by atoms with Gasteiger partial charge in [-0.15, -0.1) is 0 Å². The third kappa shape index (κ3) is 1.91. The summed E-state index contributed by atoms with van der Waals surface area (Å²) in [5.41, 5.74) is 3.08. The van der Waals surface area contributed by atoms with E-state index in [0.29, 0.717) is 36.2 Å². The summed E-state index contributed by atoms with van der Waals surface area (Å²) in [4.78, 5) is 10.6. The highest BCUT2D eigenvalue weighted by Gasteiger charge is 2.20. The SMILES string of the molecule is NNc1nc(N2CCS(=O)CC2)c2cn[nH]c2n1. The van der Waals surface area contributed by atoms with Crippen LogP contribution in [0, 0.1) is 0 Å². The number of anilines is 2. The van der Waals surface area contributed by atoms with Gasteiger partial charge in [0, 0.05) is 35.4 Å². The fourth-order valence-electron chi connectivity index (χ4n) is 1.97. The number of nitrogens with zero attached hydrogens (tertiary/aromatic N) is 4. The van der Waals surface area contributed by atoms with Gasteiger partial charge in [-0.1, -0.05) is 0 Å². The zero-order chi connectivity index (χ0) is 12.5. The van der Waals surface area contributed by atoms with Crippen LogP contribution < -0.4 is 16.2 Å². The maximum atomic E-state index is 11.4. The number of hydrazine groups is 1. The highest BCUT2D eigenvalue weighted by Crippen LogP contribution is 2.24. The second-order valence-corrected chi connectivity index (χ2v) is 5.68. The summed E-state index contributed by atoms with van der Waals surface area (Å²) in [7, 11) is -0.715. The molecule has 0 aromatic carbocycles. The molecular formula is C9H13N7OS. The van der Waals surface area contributed by atoms with Crippen LogP contribution in [0.5, 0.6) is 0 Å². The van der Waals surface area contributed by atoms with Crippen molar-refractivity contribution in [3.63, 3.8) is 0 Å². The van der Waals surface area contributed by atoms with Crippen LogP contribution in [0.1, 0.15) is 0 Å². The zero-order valence-corrected chi connectivity index (χ0v) is 10.4. The summed E-state index contributed by atoms with van der Waals surface area (Å²) in [6.45, 7) is 1.43. The minimum atomic E-state index is -0.715. The van der Waals surface area contributed by atoms with Gasteiger partial charge in [-0.05, 0) is 0 Å². The van der Waals surface area contributed by atoms with E-state index in [1.54, 1.807) is 6.20 Å². The fraction of sp³-hybridized carbons (Fsp3) is 0.444. The third-order valence-electron chi connectivity index (χ3n) is 2.90. The van der Waals surface area contributed by atoms with Crippen LogP contribution in [0.25, 0.3) is 11.0 Å². The topological polar surface area (TPSA) is 113 Å². The molecule has 2 aromatic rings. The fourth-order valence-corrected chi connectivity index (χ4v) is 3.03. The maximum Gasteiger partial charge on any atom is 0.241 e.